The molecule has 1 aromatic rings. The summed E-state index contributed by atoms with van der Waals surface area (Å²) in [4.78, 5) is 5.18. The van der Waals surface area contributed by atoms with Crippen molar-refractivity contribution in [2.75, 3.05) is 32.7 Å². The number of benzene rings is 1. The summed E-state index contributed by atoms with van der Waals surface area (Å²) in [6.07, 6.45) is 2.61. The molecule has 0 radical (unpaired) electrons. The van der Waals surface area contributed by atoms with Crippen LogP contribution in [0.25, 0.3) is 0 Å². The molecule has 22 heavy (non-hydrogen) atoms. The number of hydrogen-bond acceptors (Lipinski definition) is 3. The fourth-order valence-corrected chi connectivity index (χ4v) is 3.06. The zero-order valence-electron chi connectivity index (χ0n) is 14.7. The Hall–Kier alpha value is -1.06. The fraction of sp³-hybridized carbons (Fsp3) is 0.684. The van der Waals surface area contributed by atoms with Crippen LogP contribution >= 0.6 is 0 Å². The van der Waals surface area contributed by atoms with Gasteiger partial charge in [0.05, 0.1) is 6.10 Å². The summed E-state index contributed by atoms with van der Waals surface area (Å²) in [7, 11) is 0. The van der Waals surface area contributed by atoms with Crippen LogP contribution in [-0.4, -0.2) is 54.7 Å². The van der Waals surface area contributed by atoms with Crippen LogP contribution in [0.1, 0.15) is 39.7 Å². The maximum absolute atomic E-state index is 5.77. The lowest BCUT2D eigenvalue weighted by atomic mass is 10.1. The highest BCUT2D eigenvalue weighted by atomic mass is 16.5. The first-order valence-electron chi connectivity index (χ1n) is 8.76. The molecule has 0 saturated carbocycles. The molecule has 0 N–H and O–H groups in total. The third-order valence-electron chi connectivity index (χ3n) is 4.35. The maximum Gasteiger partial charge on any atom is 0.119 e. The van der Waals surface area contributed by atoms with Crippen molar-refractivity contribution in [2.24, 2.45) is 0 Å². The topological polar surface area (TPSA) is 15.7 Å². The molecule has 3 nitrogen and oxygen atoms in total. The van der Waals surface area contributed by atoms with Crippen LogP contribution in [0.15, 0.2) is 24.3 Å². The Balaban J connectivity index is 1.71. The Kier molecular flexibility index (Phi) is 6.71. The Morgan fingerprint density at radius 1 is 1.05 bits per heavy atom. The van der Waals surface area contributed by atoms with E-state index in [0.29, 0.717) is 6.04 Å². The van der Waals surface area contributed by atoms with Crippen LogP contribution < -0.4 is 4.74 Å². The summed E-state index contributed by atoms with van der Waals surface area (Å²) in [6, 6.07) is 9.25. The second-order valence-electron chi connectivity index (χ2n) is 6.89. The van der Waals surface area contributed by atoms with Crippen molar-refractivity contribution < 1.29 is 4.74 Å². The van der Waals surface area contributed by atoms with Crippen molar-refractivity contribution in [2.45, 2.75) is 52.7 Å². The van der Waals surface area contributed by atoms with Crippen molar-refractivity contribution in [3.63, 3.8) is 0 Å². The van der Waals surface area contributed by atoms with Crippen LogP contribution in [0, 0.1) is 0 Å². The third-order valence-corrected chi connectivity index (χ3v) is 4.35. The molecule has 1 aromatic carbocycles. The van der Waals surface area contributed by atoms with Gasteiger partial charge in [0.1, 0.15) is 5.75 Å². The smallest absolute Gasteiger partial charge is 0.119 e. The third kappa shape index (κ3) is 5.62. The van der Waals surface area contributed by atoms with Gasteiger partial charge in [-0.05, 0) is 64.8 Å². The Bertz CT molecular complexity index is 437. The Morgan fingerprint density at radius 3 is 2.41 bits per heavy atom. The van der Waals surface area contributed by atoms with E-state index in [1.807, 2.05) is 0 Å². The van der Waals surface area contributed by atoms with Crippen LogP contribution in [0.3, 0.4) is 0 Å². The van der Waals surface area contributed by atoms with Gasteiger partial charge in [-0.15, -0.1) is 0 Å². The lowest BCUT2D eigenvalue weighted by molar-refractivity contribution is 0.108. The molecule has 0 atom stereocenters. The minimum absolute atomic E-state index is 0.243. The average Bonchev–Trinajstić information content (AvgIpc) is 2.47. The van der Waals surface area contributed by atoms with Gasteiger partial charge < -0.3 is 9.64 Å². The Labute approximate surface area is 136 Å². The minimum Gasteiger partial charge on any atom is -0.491 e. The number of ether oxygens (including phenoxy) is 1. The second kappa shape index (κ2) is 8.54. The molecule has 1 saturated heterocycles. The first-order chi connectivity index (χ1) is 10.5. The predicted octanol–water partition coefficient (Wildman–Crippen LogP) is 3.43. The largest absolute Gasteiger partial charge is 0.491 e. The van der Waals surface area contributed by atoms with Gasteiger partial charge >= 0.3 is 0 Å². The van der Waals surface area contributed by atoms with Gasteiger partial charge in [-0.25, -0.2) is 0 Å². The standard InChI is InChI=1S/C19H32N2O/c1-16(2)21-13-11-20(12-14-21)10-6-8-18-7-5-9-19(15-18)22-17(3)4/h5,7,9,15-17H,6,8,10-14H2,1-4H3. The summed E-state index contributed by atoms with van der Waals surface area (Å²) < 4.78 is 5.77. The van der Waals surface area contributed by atoms with Crippen LogP contribution in [-0.2, 0) is 6.42 Å². The number of hydrogen-bond donors (Lipinski definition) is 0. The first kappa shape index (κ1) is 17.3. The maximum atomic E-state index is 5.77. The molecule has 0 amide bonds. The normalized spacial score (nSPS) is 17.4. The van der Waals surface area contributed by atoms with E-state index in [9.17, 15) is 0 Å². The van der Waals surface area contributed by atoms with Crippen molar-refractivity contribution >= 4 is 0 Å². The van der Waals surface area contributed by atoms with Crippen molar-refractivity contribution in [1.29, 1.82) is 0 Å². The van der Waals surface area contributed by atoms with Gasteiger partial charge in [-0.3, -0.25) is 4.90 Å². The van der Waals surface area contributed by atoms with Gasteiger partial charge in [0.15, 0.2) is 0 Å². The molecule has 124 valence electrons. The zero-order valence-corrected chi connectivity index (χ0v) is 14.7. The Morgan fingerprint density at radius 2 is 1.77 bits per heavy atom. The molecule has 0 aliphatic carbocycles. The highest BCUT2D eigenvalue weighted by molar-refractivity contribution is 5.28. The van der Waals surface area contributed by atoms with E-state index < -0.39 is 0 Å². The summed E-state index contributed by atoms with van der Waals surface area (Å²) in [6.45, 7) is 14.8. The molecule has 0 aromatic heterocycles. The molecule has 1 aliphatic heterocycles. The summed E-state index contributed by atoms with van der Waals surface area (Å²) in [5.41, 5.74) is 1.39. The van der Waals surface area contributed by atoms with Gasteiger partial charge in [-0.2, -0.15) is 0 Å². The minimum atomic E-state index is 0.243. The van der Waals surface area contributed by atoms with E-state index in [-0.39, 0.29) is 6.10 Å². The highest BCUT2D eigenvalue weighted by Crippen LogP contribution is 2.16. The van der Waals surface area contributed by atoms with Crippen LogP contribution in [0.5, 0.6) is 5.75 Å². The monoisotopic (exact) mass is 304 g/mol. The SMILES string of the molecule is CC(C)Oc1cccc(CCCN2CCN(C(C)C)CC2)c1. The molecule has 2 rings (SSSR count). The van der Waals surface area contributed by atoms with E-state index in [1.54, 1.807) is 0 Å². The summed E-state index contributed by atoms with van der Waals surface area (Å²) in [5.74, 6) is 0.998. The average molecular weight is 304 g/mol. The van der Waals surface area contributed by atoms with Crippen LogP contribution in [0.4, 0.5) is 0 Å². The molecule has 3 heteroatoms. The lowest BCUT2D eigenvalue weighted by Gasteiger charge is -2.36. The summed E-state index contributed by atoms with van der Waals surface area (Å²) >= 11 is 0. The van der Waals surface area contributed by atoms with Gasteiger partial charge in [0.25, 0.3) is 0 Å². The molecule has 1 aliphatic rings. The van der Waals surface area contributed by atoms with Crippen LogP contribution in [0.2, 0.25) is 0 Å². The highest BCUT2D eigenvalue weighted by Gasteiger charge is 2.18. The van der Waals surface area contributed by atoms with Gasteiger partial charge in [0, 0.05) is 32.2 Å². The molecule has 0 bridgehead atoms. The predicted molar refractivity (Wildman–Crippen MR) is 93.7 cm³/mol. The van der Waals surface area contributed by atoms with Crippen molar-refractivity contribution in [3.05, 3.63) is 29.8 Å². The number of nitrogens with zero attached hydrogens (tertiary/aromatic N) is 2. The second-order valence-corrected chi connectivity index (χ2v) is 6.89. The number of aryl methyl sites for hydroxylation is 1. The zero-order chi connectivity index (χ0) is 15.9. The van der Waals surface area contributed by atoms with Gasteiger partial charge in [0.2, 0.25) is 0 Å². The van der Waals surface area contributed by atoms with Gasteiger partial charge in [-0.1, -0.05) is 12.1 Å². The molecule has 1 heterocycles. The fourth-order valence-electron chi connectivity index (χ4n) is 3.06. The van der Waals surface area contributed by atoms with E-state index >= 15 is 0 Å². The lowest BCUT2D eigenvalue weighted by Crippen LogP contribution is -2.48. The van der Waals surface area contributed by atoms with E-state index in [2.05, 4.69) is 61.8 Å². The van der Waals surface area contributed by atoms with E-state index in [0.717, 1.165) is 12.2 Å². The molecular weight excluding hydrogens is 272 g/mol. The first-order valence-corrected chi connectivity index (χ1v) is 8.76. The van der Waals surface area contributed by atoms with E-state index in [1.165, 1.54) is 44.7 Å². The quantitative estimate of drug-likeness (QED) is 0.767. The molecule has 0 spiro atoms. The molecule has 0 unspecified atom stereocenters. The number of rotatable bonds is 7. The molecule has 1 fully saturated rings. The molecular formula is C19H32N2O. The van der Waals surface area contributed by atoms with Crippen molar-refractivity contribution in [3.8, 4) is 5.75 Å². The van der Waals surface area contributed by atoms with Crippen molar-refractivity contribution in [1.82, 2.24) is 9.80 Å². The summed E-state index contributed by atoms with van der Waals surface area (Å²) in [5, 5.41) is 0. The number of piperazine rings is 1. The van der Waals surface area contributed by atoms with E-state index in [4.69, 9.17) is 4.74 Å².